The van der Waals surface area contributed by atoms with Gasteiger partial charge in [-0.25, -0.2) is 0 Å². The van der Waals surface area contributed by atoms with E-state index < -0.39 is 12.7 Å². The Morgan fingerprint density at radius 1 is 1.45 bits per heavy atom. The highest BCUT2D eigenvalue weighted by atomic mass is 19.4. The topological polar surface area (TPSA) is 12.5 Å². The van der Waals surface area contributed by atoms with E-state index in [1.54, 1.807) is 0 Å². The first-order valence-electron chi connectivity index (χ1n) is 3.30. The Labute approximate surface area is 62.9 Å². The van der Waals surface area contributed by atoms with E-state index in [0.717, 1.165) is 0 Å². The molecule has 0 aliphatic carbocycles. The SMILES string of the molecule is FC(F)(F)CN1C[CH]OCC1. The zero-order valence-electron chi connectivity index (χ0n) is 5.90. The number of rotatable bonds is 1. The van der Waals surface area contributed by atoms with Gasteiger partial charge in [-0.05, 0) is 0 Å². The maximum atomic E-state index is 11.7. The van der Waals surface area contributed by atoms with Crippen molar-refractivity contribution >= 4 is 0 Å². The van der Waals surface area contributed by atoms with Crippen molar-refractivity contribution in [2.24, 2.45) is 0 Å². The van der Waals surface area contributed by atoms with Gasteiger partial charge in [0.05, 0.1) is 19.8 Å². The number of hydrogen-bond donors (Lipinski definition) is 0. The molecule has 0 aromatic rings. The molecule has 0 spiro atoms. The minimum Gasteiger partial charge on any atom is -0.373 e. The van der Waals surface area contributed by atoms with Crippen LogP contribution in [-0.2, 0) is 4.74 Å². The average molecular weight is 168 g/mol. The maximum absolute atomic E-state index is 11.7. The summed E-state index contributed by atoms with van der Waals surface area (Å²) in [7, 11) is 0. The Kier molecular flexibility index (Phi) is 2.72. The van der Waals surface area contributed by atoms with E-state index >= 15 is 0 Å². The molecule has 0 atom stereocenters. The molecular weight excluding hydrogens is 159 g/mol. The normalized spacial score (nSPS) is 22.1. The highest BCUT2D eigenvalue weighted by molar-refractivity contribution is 4.71. The first kappa shape index (κ1) is 8.80. The smallest absolute Gasteiger partial charge is 0.373 e. The second-order valence-electron chi connectivity index (χ2n) is 2.39. The standard InChI is InChI=1S/C6H9F3NO/c7-6(8,9)5-10-1-3-11-4-2-10/h3H,1-2,4-5H2. The van der Waals surface area contributed by atoms with Gasteiger partial charge in [0.15, 0.2) is 0 Å². The molecule has 0 N–H and O–H groups in total. The van der Waals surface area contributed by atoms with Crippen molar-refractivity contribution in [3.05, 3.63) is 6.61 Å². The van der Waals surface area contributed by atoms with E-state index in [2.05, 4.69) is 0 Å². The maximum Gasteiger partial charge on any atom is 0.401 e. The average Bonchev–Trinajstić information content (AvgIpc) is 1.85. The van der Waals surface area contributed by atoms with Crippen LogP contribution < -0.4 is 0 Å². The molecule has 0 aromatic carbocycles. The van der Waals surface area contributed by atoms with Crippen molar-refractivity contribution in [3.8, 4) is 0 Å². The van der Waals surface area contributed by atoms with Crippen molar-refractivity contribution in [2.45, 2.75) is 6.18 Å². The molecule has 1 radical (unpaired) electrons. The van der Waals surface area contributed by atoms with Gasteiger partial charge in [0.2, 0.25) is 0 Å². The van der Waals surface area contributed by atoms with Crippen LogP contribution in [-0.4, -0.2) is 37.3 Å². The van der Waals surface area contributed by atoms with E-state index in [4.69, 9.17) is 4.74 Å². The zero-order chi connectivity index (χ0) is 8.32. The summed E-state index contributed by atoms with van der Waals surface area (Å²) in [5.41, 5.74) is 0. The number of nitrogens with zero attached hydrogens (tertiary/aromatic N) is 1. The molecule has 65 valence electrons. The second-order valence-corrected chi connectivity index (χ2v) is 2.39. The van der Waals surface area contributed by atoms with Gasteiger partial charge in [0, 0.05) is 13.1 Å². The molecule has 0 bridgehead atoms. The third-order valence-electron chi connectivity index (χ3n) is 1.38. The predicted octanol–water partition coefficient (Wildman–Crippen LogP) is 1.04. The number of morpholine rings is 1. The summed E-state index contributed by atoms with van der Waals surface area (Å²) in [5, 5.41) is 0. The quantitative estimate of drug-likeness (QED) is 0.580. The van der Waals surface area contributed by atoms with Gasteiger partial charge in [0.1, 0.15) is 0 Å². The fourth-order valence-electron chi connectivity index (χ4n) is 0.912. The monoisotopic (exact) mass is 168 g/mol. The van der Waals surface area contributed by atoms with Gasteiger partial charge in [-0.1, -0.05) is 0 Å². The molecule has 0 aromatic heterocycles. The Morgan fingerprint density at radius 3 is 2.64 bits per heavy atom. The van der Waals surface area contributed by atoms with Gasteiger partial charge in [-0.3, -0.25) is 4.90 Å². The van der Waals surface area contributed by atoms with Crippen LogP contribution in [0.5, 0.6) is 0 Å². The third-order valence-corrected chi connectivity index (χ3v) is 1.38. The molecule has 0 amide bonds. The Morgan fingerprint density at radius 2 is 2.18 bits per heavy atom. The molecule has 1 saturated heterocycles. The molecule has 5 heteroatoms. The van der Waals surface area contributed by atoms with Crippen molar-refractivity contribution in [2.75, 3.05) is 26.2 Å². The summed E-state index contributed by atoms with van der Waals surface area (Å²) in [5.74, 6) is 0. The summed E-state index contributed by atoms with van der Waals surface area (Å²) < 4.78 is 40.0. The van der Waals surface area contributed by atoms with Gasteiger partial charge in [0.25, 0.3) is 0 Å². The Bertz CT molecular complexity index is 119. The predicted molar refractivity (Wildman–Crippen MR) is 32.7 cm³/mol. The number of ether oxygens (including phenoxy) is 1. The van der Waals surface area contributed by atoms with Gasteiger partial charge in [-0.15, -0.1) is 0 Å². The summed E-state index contributed by atoms with van der Waals surface area (Å²) in [6.07, 6.45) is -4.09. The zero-order valence-corrected chi connectivity index (χ0v) is 5.90. The molecule has 1 heterocycles. The summed E-state index contributed by atoms with van der Waals surface area (Å²) in [4.78, 5) is 1.30. The number of halogens is 3. The van der Waals surface area contributed by atoms with Gasteiger partial charge >= 0.3 is 6.18 Å². The van der Waals surface area contributed by atoms with E-state index in [1.807, 2.05) is 0 Å². The van der Waals surface area contributed by atoms with E-state index in [1.165, 1.54) is 11.5 Å². The lowest BCUT2D eigenvalue weighted by molar-refractivity contribution is -0.150. The van der Waals surface area contributed by atoms with Crippen molar-refractivity contribution < 1.29 is 17.9 Å². The van der Waals surface area contributed by atoms with E-state index in [9.17, 15) is 13.2 Å². The highest BCUT2D eigenvalue weighted by Crippen LogP contribution is 2.17. The van der Waals surface area contributed by atoms with Gasteiger partial charge < -0.3 is 4.74 Å². The van der Waals surface area contributed by atoms with E-state index in [-0.39, 0.29) is 6.54 Å². The van der Waals surface area contributed by atoms with Crippen molar-refractivity contribution in [1.29, 1.82) is 0 Å². The molecule has 11 heavy (non-hydrogen) atoms. The van der Waals surface area contributed by atoms with Crippen LogP contribution in [0.3, 0.4) is 0 Å². The Balaban J connectivity index is 2.24. The fraction of sp³-hybridized carbons (Fsp3) is 0.833. The van der Waals surface area contributed by atoms with Crippen LogP contribution in [0.2, 0.25) is 0 Å². The largest absolute Gasteiger partial charge is 0.401 e. The van der Waals surface area contributed by atoms with Crippen LogP contribution in [0.1, 0.15) is 0 Å². The molecule has 1 aliphatic heterocycles. The fourth-order valence-corrected chi connectivity index (χ4v) is 0.912. The molecule has 1 fully saturated rings. The molecular formula is C6H9F3NO. The Hall–Kier alpha value is -0.290. The molecule has 1 aliphatic rings. The first-order valence-corrected chi connectivity index (χ1v) is 3.30. The summed E-state index contributed by atoms with van der Waals surface area (Å²) in [6.45, 7) is 1.54. The van der Waals surface area contributed by atoms with Crippen LogP contribution in [0.15, 0.2) is 0 Å². The lowest BCUT2D eigenvalue weighted by Crippen LogP contribution is -2.40. The lowest BCUT2D eigenvalue weighted by atomic mass is 10.4. The molecule has 0 unspecified atom stereocenters. The third kappa shape index (κ3) is 3.57. The second kappa shape index (κ2) is 3.40. The van der Waals surface area contributed by atoms with Crippen LogP contribution in [0.25, 0.3) is 0 Å². The van der Waals surface area contributed by atoms with E-state index in [0.29, 0.717) is 13.2 Å². The minimum atomic E-state index is -4.09. The van der Waals surface area contributed by atoms with Crippen molar-refractivity contribution in [3.63, 3.8) is 0 Å². The lowest BCUT2D eigenvalue weighted by Gasteiger charge is -2.26. The number of alkyl halides is 3. The highest BCUT2D eigenvalue weighted by Gasteiger charge is 2.31. The summed E-state index contributed by atoms with van der Waals surface area (Å²) >= 11 is 0. The van der Waals surface area contributed by atoms with Crippen molar-refractivity contribution in [1.82, 2.24) is 4.90 Å². The minimum absolute atomic E-state index is 0.263. The molecule has 0 saturated carbocycles. The van der Waals surface area contributed by atoms with Crippen LogP contribution in [0, 0.1) is 6.61 Å². The molecule has 1 rings (SSSR count). The van der Waals surface area contributed by atoms with Crippen LogP contribution >= 0.6 is 0 Å². The van der Waals surface area contributed by atoms with Gasteiger partial charge in [-0.2, -0.15) is 13.2 Å². The molecule has 2 nitrogen and oxygen atoms in total. The number of hydrogen-bond acceptors (Lipinski definition) is 2. The first-order chi connectivity index (χ1) is 5.08. The van der Waals surface area contributed by atoms with Crippen LogP contribution in [0.4, 0.5) is 13.2 Å². The summed E-state index contributed by atoms with van der Waals surface area (Å²) in [6, 6.07) is 0.